The highest BCUT2D eigenvalue weighted by molar-refractivity contribution is 7.91. The molecule has 0 bridgehead atoms. The summed E-state index contributed by atoms with van der Waals surface area (Å²) in [6.07, 6.45) is 1.96. The number of amides is 1. The molecule has 1 amide bonds. The van der Waals surface area contributed by atoms with Crippen LogP contribution < -0.4 is 10.6 Å². The summed E-state index contributed by atoms with van der Waals surface area (Å²) < 4.78 is 23.2. The molecule has 1 aliphatic heterocycles. The Morgan fingerprint density at radius 2 is 2.00 bits per heavy atom. The summed E-state index contributed by atoms with van der Waals surface area (Å²) in [6, 6.07) is 7.58. The second-order valence-corrected chi connectivity index (χ2v) is 7.65. The number of carbonyl (C=O) groups excluding carboxylic acids is 1. The zero-order chi connectivity index (χ0) is 15.3. The lowest BCUT2D eigenvalue weighted by molar-refractivity contribution is -0.120. The van der Waals surface area contributed by atoms with E-state index in [1.54, 1.807) is 0 Å². The summed E-state index contributed by atoms with van der Waals surface area (Å²) >= 11 is 0. The number of anilines is 1. The first-order valence-electron chi connectivity index (χ1n) is 7.31. The van der Waals surface area contributed by atoms with Gasteiger partial charge < -0.3 is 10.6 Å². The fraction of sp³-hybridized carbons (Fsp3) is 0.533. The summed E-state index contributed by atoms with van der Waals surface area (Å²) in [5.41, 5.74) is 1.85. The molecule has 21 heavy (non-hydrogen) atoms. The van der Waals surface area contributed by atoms with E-state index in [2.05, 4.69) is 10.6 Å². The second kappa shape index (κ2) is 6.93. The van der Waals surface area contributed by atoms with Crippen molar-refractivity contribution in [3.8, 4) is 0 Å². The van der Waals surface area contributed by atoms with Crippen molar-refractivity contribution < 1.29 is 13.2 Å². The number of rotatable bonds is 5. The molecule has 0 radical (unpaired) electrons. The first-order chi connectivity index (χ1) is 9.98. The van der Waals surface area contributed by atoms with Gasteiger partial charge in [-0.3, -0.25) is 4.79 Å². The Morgan fingerprint density at radius 1 is 1.29 bits per heavy atom. The van der Waals surface area contributed by atoms with Gasteiger partial charge in [-0.05, 0) is 37.5 Å². The van der Waals surface area contributed by atoms with Crippen LogP contribution in [0.4, 0.5) is 5.69 Å². The average molecular weight is 310 g/mol. The molecule has 2 rings (SSSR count). The normalized spacial score (nSPS) is 20.7. The highest BCUT2D eigenvalue weighted by Crippen LogP contribution is 2.18. The molecular formula is C15H22N2O3S. The van der Waals surface area contributed by atoms with Crippen molar-refractivity contribution in [2.24, 2.45) is 0 Å². The second-order valence-electron chi connectivity index (χ2n) is 5.43. The third-order valence-corrected chi connectivity index (χ3v) is 5.35. The van der Waals surface area contributed by atoms with Gasteiger partial charge in [0.05, 0.1) is 17.9 Å². The van der Waals surface area contributed by atoms with E-state index in [0.717, 1.165) is 24.1 Å². The lowest BCUT2D eigenvalue weighted by Crippen LogP contribution is -2.34. The smallest absolute Gasteiger partial charge is 0.224 e. The molecule has 1 atom stereocenters. The average Bonchev–Trinajstić information content (AvgIpc) is 2.40. The summed E-state index contributed by atoms with van der Waals surface area (Å²) in [7, 11) is -2.90. The molecule has 1 unspecified atom stereocenters. The van der Waals surface area contributed by atoms with E-state index in [-0.39, 0.29) is 17.7 Å². The zero-order valence-electron chi connectivity index (χ0n) is 12.3. The Hall–Kier alpha value is -1.56. The Labute approximate surface area is 126 Å². The highest BCUT2D eigenvalue weighted by Gasteiger charge is 2.24. The van der Waals surface area contributed by atoms with Crippen molar-refractivity contribution >= 4 is 21.4 Å². The van der Waals surface area contributed by atoms with Crippen LogP contribution in [0.5, 0.6) is 0 Å². The molecule has 5 nitrogen and oxygen atoms in total. The third kappa shape index (κ3) is 5.04. The first-order valence-corrected chi connectivity index (χ1v) is 9.13. The largest absolute Gasteiger partial charge is 0.381 e. The lowest BCUT2D eigenvalue weighted by Gasteiger charge is -2.24. The van der Waals surface area contributed by atoms with Crippen LogP contribution in [0.25, 0.3) is 0 Å². The van der Waals surface area contributed by atoms with E-state index in [9.17, 15) is 13.2 Å². The van der Waals surface area contributed by atoms with Crippen LogP contribution in [-0.2, 0) is 21.1 Å². The van der Waals surface area contributed by atoms with Gasteiger partial charge >= 0.3 is 0 Å². The first kappa shape index (κ1) is 15.8. The predicted molar refractivity (Wildman–Crippen MR) is 84.1 cm³/mol. The third-order valence-electron chi connectivity index (χ3n) is 3.53. The number of likely N-dealkylation sites (N-methyl/N-ethyl adjacent to an activating group) is 1. The van der Waals surface area contributed by atoms with Gasteiger partial charge in [0.2, 0.25) is 5.91 Å². The standard InChI is InChI=1S/C15H22N2O3S/c1-2-16-15(18)10-12-5-7-13(8-6-12)17-14-4-3-9-21(19,20)11-14/h5-8,14,17H,2-4,9-11H2,1H3,(H,16,18). The number of hydrogen-bond donors (Lipinski definition) is 2. The number of sulfone groups is 1. The van der Waals surface area contributed by atoms with Gasteiger partial charge in [-0.2, -0.15) is 0 Å². The summed E-state index contributed by atoms with van der Waals surface area (Å²) in [6.45, 7) is 2.53. The van der Waals surface area contributed by atoms with Crippen molar-refractivity contribution in [2.45, 2.75) is 32.2 Å². The van der Waals surface area contributed by atoms with E-state index >= 15 is 0 Å². The van der Waals surface area contributed by atoms with Gasteiger partial charge in [-0.15, -0.1) is 0 Å². The van der Waals surface area contributed by atoms with Gasteiger partial charge in [0, 0.05) is 18.3 Å². The van der Waals surface area contributed by atoms with E-state index in [0.29, 0.717) is 18.7 Å². The molecule has 0 aromatic heterocycles. The van der Waals surface area contributed by atoms with Crippen molar-refractivity contribution in [1.29, 1.82) is 0 Å². The van der Waals surface area contributed by atoms with Crippen LogP contribution in [0.2, 0.25) is 0 Å². The summed E-state index contributed by atoms with van der Waals surface area (Å²) in [4.78, 5) is 11.5. The van der Waals surface area contributed by atoms with Crippen molar-refractivity contribution in [3.63, 3.8) is 0 Å². The van der Waals surface area contributed by atoms with Gasteiger partial charge in [0.15, 0.2) is 9.84 Å². The molecule has 0 aliphatic carbocycles. The molecule has 1 aliphatic rings. The van der Waals surface area contributed by atoms with Crippen LogP contribution in [0.1, 0.15) is 25.3 Å². The maximum atomic E-state index is 11.6. The minimum Gasteiger partial charge on any atom is -0.381 e. The summed E-state index contributed by atoms with van der Waals surface area (Å²) in [5, 5.41) is 6.02. The van der Waals surface area contributed by atoms with Crippen molar-refractivity contribution in [2.75, 3.05) is 23.4 Å². The Bertz CT molecular complexity index is 581. The number of nitrogens with one attached hydrogen (secondary N) is 2. The topological polar surface area (TPSA) is 75.3 Å². The van der Waals surface area contributed by atoms with Gasteiger partial charge in [-0.25, -0.2) is 8.42 Å². The minimum absolute atomic E-state index is 0.0107. The van der Waals surface area contributed by atoms with E-state index in [1.807, 2.05) is 31.2 Å². The molecule has 1 aromatic carbocycles. The van der Waals surface area contributed by atoms with Crippen molar-refractivity contribution in [3.05, 3.63) is 29.8 Å². The molecule has 116 valence electrons. The Kier molecular flexibility index (Phi) is 5.22. The quantitative estimate of drug-likeness (QED) is 0.861. The van der Waals surface area contributed by atoms with Crippen molar-refractivity contribution in [1.82, 2.24) is 5.32 Å². The fourth-order valence-corrected chi connectivity index (χ4v) is 4.17. The van der Waals surface area contributed by atoms with Crippen LogP contribution >= 0.6 is 0 Å². The number of carbonyl (C=O) groups is 1. The number of hydrogen-bond acceptors (Lipinski definition) is 4. The Morgan fingerprint density at radius 3 is 2.62 bits per heavy atom. The molecule has 1 saturated heterocycles. The maximum absolute atomic E-state index is 11.6. The maximum Gasteiger partial charge on any atom is 0.224 e. The Balaban J connectivity index is 1.92. The van der Waals surface area contributed by atoms with E-state index in [1.165, 1.54) is 0 Å². The highest BCUT2D eigenvalue weighted by atomic mass is 32.2. The molecular weight excluding hydrogens is 288 g/mol. The SMILES string of the molecule is CCNC(=O)Cc1ccc(NC2CCCS(=O)(=O)C2)cc1. The van der Waals surface area contributed by atoms with Gasteiger partial charge in [-0.1, -0.05) is 12.1 Å². The molecule has 1 heterocycles. The van der Waals surface area contributed by atoms with Crippen LogP contribution in [0.3, 0.4) is 0 Å². The summed E-state index contributed by atoms with van der Waals surface area (Å²) in [5.74, 6) is 0.515. The predicted octanol–water partition coefficient (Wildman–Crippen LogP) is 1.35. The van der Waals surface area contributed by atoms with E-state index < -0.39 is 9.84 Å². The van der Waals surface area contributed by atoms with Gasteiger partial charge in [0.25, 0.3) is 0 Å². The fourth-order valence-electron chi connectivity index (χ4n) is 2.54. The van der Waals surface area contributed by atoms with Gasteiger partial charge in [0.1, 0.15) is 0 Å². The van der Waals surface area contributed by atoms with Crippen LogP contribution in [-0.4, -0.2) is 38.4 Å². The van der Waals surface area contributed by atoms with Crippen LogP contribution in [0.15, 0.2) is 24.3 Å². The van der Waals surface area contributed by atoms with Crippen LogP contribution in [0, 0.1) is 0 Å². The molecule has 0 spiro atoms. The molecule has 2 N–H and O–H groups in total. The lowest BCUT2D eigenvalue weighted by atomic mass is 10.1. The molecule has 0 saturated carbocycles. The molecule has 6 heteroatoms. The zero-order valence-corrected chi connectivity index (χ0v) is 13.1. The molecule has 1 fully saturated rings. The molecule has 1 aromatic rings. The number of benzene rings is 1. The van der Waals surface area contributed by atoms with E-state index in [4.69, 9.17) is 0 Å². The monoisotopic (exact) mass is 310 g/mol. The minimum atomic E-state index is -2.90.